The Kier molecular flexibility index (Phi) is 4.29. The number of aromatic nitrogens is 5. The topological polar surface area (TPSA) is 123 Å². The molecule has 1 unspecified atom stereocenters. The average molecular weight is 360 g/mol. The first-order chi connectivity index (χ1) is 11.9. The molecular weight excluding hydrogens is 349 g/mol. The van der Waals surface area contributed by atoms with Crippen molar-refractivity contribution in [2.75, 3.05) is 0 Å². The number of fused-ring (bicyclic) bond motifs is 1. The van der Waals surface area contributed by atoms with Crippen molar-refractivity contribution in [3.63, 3.8) is 0 Å². The van der Waals surface area contributed by atoms with Crippen LogP contribution in [0.1, 0.15) is 23.0 Å². The van der Waals surface area contributed by atoms with E-state index in [9.17, 15) is 14.4 Å². The highest BCUT2D eigenvalue weighted by Crippen LogP contribution is 2.24. The molecule has 2 aromatic heterocycles. The van der Waals surface area contributed by atoms with Crippen LogP contribution in [0.3, 0.4) is 0 Å². The maximum atomic E-state index is 14.0. The highest BCUT2D eigenvalue weighted by Gasteiger charge is 2.25. The van der Waals surface area contributed by atoms with E-state index in [0.29, 0.717) is 5.82 Å². The third-order valence-corrected chi connectivity index (χ3v) is 3.91. The van der Waals surface area contributed by atoms with E-state index in [4.69, 9.17) is 17.3 Å². The van der Waals surface area contributed by atoms with Crippen LogP contribution in [0.15, 0.2) is 18.2 Å². The third-order valence-electron chi connectivity index (χ3n) is 3.56. The second kappa shape index (κ2) is 6.41. The number of carbonyl (C=O) groups excluding carboxylic acids is 1. The van der Waals surface area contributed by atoms with Crippen LogP contribution in [0.2, 0.25) is 5.02 Å². The molecule has 126 valence electrons. The lowest BCUT2D eigenvalue weighted by molar-refractivity contribution is -0.118. The van der Waals surface area contributed by atoms with Gasteiger partial charge in [-0.1, -0.05) is 22.9 Å². The number of hydrogen-bond donors (Lipinski definition) is 1. The monoisotopic (exact) mass is 359 g/mol. The summed E-state index contributed by atoms with van der Waals surface area (Å²) in [5, 5.41) is 17.3. The first kappa shape index (κ1) is 16.7. The summed E-state index contributed by atoms with van der Waals surface area (Å²) in [5.41, 5.74) is 5.95. The molecule has 1 atom stereocenters. The zero-order chi connectivity index (χ0) is 18.1. The Balaban J connectivity index is 2.15. The maximum absolute atomic E-state index is 14.0. The van der Waals surface area contributed by atoms with Gasteiger partial charge in [-0.25, -0.2) is 19.0 Å². The summed E-state index contributed by atoms with van der Waals surface area (Å²) in [6.07, 6.45) is 0. The Hall–Kier alpha value is -3.12. The molecule has 25 heavy (non-hydrogen) atoms. The Labute approximate surface area is 146 Å². The van der Waals surface area contributed by atoms with E-state index in [2.05, 4.69) is 20.3 Å². The predicted octanol–water partition coefficient (Wildman–Crippen LogP) is 1.46. The van der Waals surface area contributed by atoms with Gasteiger partial charge in [0.05, 0.1) is 12.6 Å². The molecule has 8 nitrogen and oxygen atoms in total. The van der Waals surface area contributed by atoms with Gasteiger partial charge in [0, 0.05) is 10.6 Å². The molecule has 1 amide bonds. The molecule has 10 heteroatoms. The van der Waals surface area contributed by atoms with Gasteiger partial charge in [0.25, 0.3) is 0 Å². The number of nitrogens with two attached hydrogens (primary N) is 1. The minimum Gasteiger partial charge on any atom is -0.368 e. The number of amides is 1. The van der Waals surface area contributed by atoms with Crippen molar-refractivity contribution in [2.24, 2.45) is 5.73 Å². The second-order valence-corrected chi connectivity index (χ2v) is 5.65. The Morgan fingerprint density at radius 3 is 2.88 bits per heavy atom. The fourth-order valence-electron chi connectivity index (χ4n) is 2.39. The van der Waals surface area contributed by atoms with E-state index in [1.54, 1.807) is 19.1 Å². The van der Waals surface area contributed by atoms with Crippen LogP contribution in [-0.2, 0) is 11.3 Å². The number of hydrogen-bond acceptors (Lipinski definition) is 6. The number of nitriles is 1. The van der Waals surface area contributed by atoms with Crippen molar-refractivity contribution in [3.8, 4) is 6.07 Å². The van der Waals surface area contributed by atoms with Crippen LogP contribution in [0.25, 0.3) is 11.2 Å². The van der Waals surface area contributed by atoms with E-state index in [1.807, 2.05) is 0 Å². The van der Waals surface area contributed by atoms with Gasteiger partial charge < -0.3 is 5.73 Å². The van der Waals surface area contributed by atoms with Crippen LogP contribution in [0.5, 0.6) is 0 Å². The molecule has 0 fully saturated rings. The van der Waals surface area contributed by atoms with E-state index < -0.39 is 17.6 Å². The molecule has 0 aliphatic carbocycles. The molecule has 0 aliphatic heterocycles. The van der Waals surface area contributed by atoms with Gasteiger partial charge in [-0.15, -0.1) is 5.10 Å². The second-order valence-electron chi connectivity index (χ2n) is 5.24. The minimum absolute atomic E-state index is 0.0221. The van der Waals surface area contributed by atoms with E-state index >= 15 is 0 Å². The lowest BCUT2D eigenvalue weighted by Gasteiger charge is -2.08. The van der Waals surface area contributed by atoms with Gasteiger partial charge in [0.1, 0.15) is 17.3 Å². The van der Waals surface area contributed by atoms with E-state index in [-0.39, 0.29) is 34.0 Å². The molecular formula is C15H11ClFN7O. The van der Waals surface area contributed by atoms with Gasteiger partial charge in [0.2, 0.25) is 5.91 Å². The van der Waals surface area contributed by atoms with Crippen LogP contribution in [0, 0.1) is 24.1 Å². The van der Waals surface area contributed by atoms with Crippen LogP contribution >= 0.6 is 11.6 Å². The lowest BCUT2D eigenvalue weighted by atomic mass is 10.1. The molecule has 0 saturated carbocycles. The summed E-state index contributed by atoms with van der Waals surface area (Å²) in [4.78, 5) is 19.8. The molecule has 1 aromatic carbocycles. The normalized spacial score (nSPS) is 12.1. The maximum Gasteiger partial charge on any atom is 0.241 e. The van der Waals surface area contributed by atoms with Gasteiger partial charge in [-0.3, -0.25) is 4.79 Å². The number of nitrogens with zero attached hydrogens (tertiary/aromatic N) is 6. The Morgan fingerprint density at radius 1 is 1.48 bits per heavy atom. The van der Waals surface area contributed by atoms with Crippen molar-refractivity contribution < 1.29 is 9.18 Å². The first-order valence-electron chi connectivity index (χ1n) is 7.12. The quantitative estimate of drug-likeness (QED) is 0.752. The van der Waals surface area contributed by atoms with Crippen molar-refractivity contribution in [3.05, 3.63) is 46.1 Å². The summed E-state index contributed by atoms with van der Waals surface area (Å²) in [6.45, 7) is 1.57. The number of aryl methyl sites for hydroxylation is 1. The molecule has 0 bridgehead atoms. The van der Waals surface area contributed by atoms with Crippen molar-refractivity contribution in [1.29, 1.82) is 5.26 Å². The summed E-state index contributed by atoms with van der Waals surface area (Å²) >= 11 is 6.04. The lowest BCUT2D eigenvalue weighted by Crippen LogP contribution is -2.22. The molecule has 0 aliphatic rings. The fourth-order valence-corrected chi connectivity index (χ4v) is 2.61. The molecule has 2 heterocycles. The Bertz CT molecular complexity index is 1010. The minimum atomic E-state index is -1.29. The molecule has 0 spiro atoms. The van der Waals surface area contributed by atoms with Gasteiger partial charge in [0.15, 0.2) is 17.1 Å². The highest BCUT2D eigenvalue weighted by molar-refractivity contribution is 6.31. The summed E-state index contributed by atoms with van der Waals surface area (Å²) in [7, 11) is 0. The van der Waals surface area contributed by atoms with Crippen LogP contribution in [-0.4, -0.2) is 30.9 Å². The zero-order valence-corrected chi connectivity index (χ0v) is 13.7. The number of halogens is 2. The standard InChI is InChI=1S/C15H11ClFN7O/c1-7-20-12(8(5-18)14(19)25)13-15(21-7)24(23-22-13)6-9-10(16)3-2-4-11(9)17/h2-4,8H,6H2,1H3,(H2,19,25). The van der Waals surface area contributed by atoms with Gasteiger partial charge in [-0.05, 0) is 19.1 Å². The smallest absolute Gasteiger partial charge is 0.241 e. The SMILES string of the molecule is Cc1nc(C(C#N)C(N)=O)c2nnn(Cc3c(F)cccc3Cl)c2n1. The number of rotatable bonds is 4. The van der Waals surface area contributed by atoms with E-state index in [0.717, 1.165) is 0 Å². The fraction of sp³-hybridized carbons (Fsp3) is 0.200. The molecule has 2 N–H and O–H groups in total. The summed E-state index contributed by atoms with van der Waals surface area (Å²) < 4.78 is 15.3. The van der Waals surface area contributed by atoms with Crippen molar-refractivity contribution in [2.45, 2.75) is 19.4 Å². The largest absolute Gasteiger partial charge is 0.368 e. The van der Waals surface area contributed by atoms with Gasteiger partial charge >= 0.3 is 0 Å². The zero-order valence-electron chi connectivity index (χ0n) is 12.9. The van der Waals surface area contributed by atoms with E-state index in [1.165, 1.54) is 16.8 Å². The van der Waals surface area contributed by atoms with Crippen molar-refractivity contribution in [1.82, 2.24) is 25.0 Å². The molecule has 3 rings (SSSR count). The molecule has 0 saturated heterocycles. The first-order valence-corrected chi connectivity index (χ1v) is 7.49. The molecule has 3 aromatic rings. The predicted molar refractivity (Wildman–Crippen MR) is 85.9 cm³/mol. The number of carbonyl (C=O) groups is 1. The third kappa shape index (κ3) is 2.99. The number of primary amides is 1. The average Bonchev–Trinajstić information content (AvgIpc) is 2.94. The van der Waals surface area contributed by atoms with Crippen LogP contribution < -0.4 is 5.73 Å². The summed E-state index contributed by atoms with van der Waals surface area (Å²) in [5.74, 6) is -2.33. The summed E-state index contributed by atoms with van der Waals surface area (Å²) in [6, 6.07) is 6.13. The highest BCUT2D eigenvalue weighted by atomic mass is 35.5. The van der Waals surface area contributed by atoms with Gasteiger partial charge in [-0.2, -0.15) is 5.26 Å². The van der Waals surface area contributed by atoms with Crippen LogP contribution in [0.4, 0.5) is 4.39 Å². The Morgan fingerprint density at radius 2 is 2.24 bits per heavy atom. The molecule has 0 radical (unpaired) electrons. The number of benzene rings is 1. The van der Waals surface area contributed by atoms with Crippen molar-refractivity contribution >= 4 is 28.7 Å².